The van der Waals surface area contributed by atoms with Crippen LogP contribution in [0.25, 0.3) is 0 Å². The highest BCUT2D eigenvalue weighted by Gasteiger charge is 2.40. The number of rotatable bonds is 2. The number of nitrogens with zero attached hydrogens (tertiary/aromatic N) is 1. The monoisotopic (exact) mass is 216 g/mol. The van der Waals surface area contributed by atoms with Gasteiger partial charge < -0.3 is 5.32 Å². The van der Waals surface area contributed by atoms with Gasteiger partial charge in [0.2, 0.25) is 0 Å². The molecule has 1 aromatic rings. The van der Waals surface area contributed by atoms with Crippen molar-refractivity contribution in [3.05, 3.63) is 29.1 Å². The van der Waals surface area contributed by atoms with Gasteiger partial charge in [0, 0.05) is 29.4 Å². The van der Waals surface area contributed by atoms with Crippen molar-refractivity contribution in [3.63, 3.8) is 0 Å². The molecule has 0 spiro atoms. The topological polar surface area (TPSA) is 24.9 Å². The molecule has 2 aliphatic heterocycles. The van der Waals surface area contributed by atoms with E-state index in [0.29, 0.717) is 0 Å². The highest BCUT2D eigenvalue weighted by atomic mass is 15.0. The van der Waals surface area contributed by atoms with E-state index in [1.807, 2.05) is 0 Å². The van der Waals surface area contributed by atoms with Crippen molar-refractivity contribution >= 4 is 0 Å². The minimum absolute atomic E-state index is 0.722. The van der Waals surface area contributed by atoms with Gasteiger partial charge in [0.15, 0.2) is 0 Å². The third-order valence-electron chi connectivity index (χ3n) is 4.18. The van der Waals surface area contributed by atoms with Gasteiger partial charge in [0.05, 0.1) is 0 Å². The average Bonchev–Trinajstić information content (AvgIpc) is 2.90. The molecular formula is C14H20N2. The summed E-state index contributed by atoms with van der Waals surface area (Å²) >= 11 is 0. The summed E-state index contributed by atoms with van der Waals surface area (Å²) in [5.41, 5.74) is 3.98. The van der Waals surface area contributed by atoms with Crippen LogP contribution in [0, 0.1) is 6.92 Å². The standard InChI is InChI=1S/C14H20N2/c1-3-13-11(6-4-9(2)15-13)12-8-10-5-7-14(12)16-10/h4,6,10,12,14,16H,3,5,7-8H2,1-2H3. The summed E-state index contributed by atoms with van der Waals surface area (Å²) in [5.74, 6) is 0.724. The third-order valence-corrected chi connectivity index (χ3v) is 4.18. The second-order valence-electron chi connectivity index (χ2n) is 5.23. The zero-order chi connectivity index (χ0) is 11.1. The minimum Gasteiger partial charge on any atom is -0.311 e. The number of pyridine rings is 1. The molecular weight excluding hydrogens is 196 g/mol. The van der Waals surface area contributed by atoms with Gasteiger partial charge in [-0.2, -0.15) is 0 Å². The molecule has 2 bridgehead atoms. The van der Waals surface area contributed by atoms with Crippen molar-refractivity contribution in [1.82, 2.24) is 10.3 Å². The molecule has 0 radical (unpaired) electrons. The third kappa shape index (κ3) is 1.56. The fourth-order valence-electron chi connectivity index (χ4n) is 3.41. The number of hydrogen-bond donors (Lipinski definition) is 1. The van der Waals surface area contributed by atoms with Crippen molar-refractivity contribution in [2.24, 2.45) is 0 Å². The Labute approximate surface area is 97.5 Å². The SMILES string of the molecule is CCc1nc(C)ccc1C1CC2CCC1N2. The van der Waals surface area contributed by atoms with Crippen molar-refractivity contribution in [2.45, 2.75) is 57.5 Å². The fourth-order valence-corrected chi connectivity index (χ4v) is 3.41. The molecule has 3 atom stereocenters. The van der Waals surface area contributed by atoms with E-state index in [1.165, 1.54) is 30.5 Å². The van der Waals surface area contributed by atoms with E-state index in [1.54, 1.807) is 0 Å². The summed E-state index contributed by atoms with van der Waals surface area (Å²) in [6, 6.07) is 5.98. The highest BCUT2D eigenvalue weighted by molar-refractivity contribution is 5.30. The summed E-state index contributed by atoms with van der Waals surface area (Å²) in [6.07, 6.45) is 5.11. The van der Waals surface area contributed by atoms with Crippen LogP contribution in [0.4, 0.5) is 0 Å². The number of hydrogen-bond acceptors (Lipinski definition) is 2. The largest absolute Gasteiger partial charge is 0.311 e. The maximum atomic E-state index is 4.69. The molecule has 2 nitrogen and oxygen atoms in total. The zero-order valence-electron chi connectivity index (χ0n) is 10.2. The van der Waals surface area contributed by atoms with Gasteiger partial charge in [-0.25, -0.2) is 0 Å². The zero-order valence-corrected chi connectivity index (χ0v) is 10.2. The number of fused-ring (bicyclic) bond motifs is 2. The quantitative estimate of drug-likeness (QED) is 0.822. The molecule has 0 aliphatic carbocycles. The van der Waals surface area contributed by atoms with Crippen LogP contribution < -0.4 is 5.32 Å². The van der Waals surface area contributed by atoms with Crippen LogP contribution in [0.3, 0.4) is 0 Å². The summed E-state index contributed by atoms with van der Waals surface area (Å²) in [7, 11) is 0. The number of aromatic nitrogens is 1. The van der Waals surface area contributed by atoms with E-state index in [9.17, 15) is 0 Å². The summed E-state index contributed by atoms with van der Waals surface area (Å²) in [5, 5.41) is 3.71. The molecule has 3 unspecified atom stereocenters. The Bertz CT molecular complexity index is 400. The Morgan fingerprint density at radius 1 is 1.38 bits per heavy atom. The van der Waals surface area contributed by atoms with Crippen LogP contribution in [0.1, 0.15) is 49.1 Å². The first-order valence-corrected chi connectivity index (χ1v) is 6.50. The summed E-state index contributed by atoms with van der Waals surface area (Å²) in [4.78, 5) is 4.69. The Balaban J connectivity index is 1.94. The van der Waals surface area contributed by atoms with Crippen molar-refractivity contribution in [2.75, 3.05) is 0 Å². The Kier molecular flexibility index (Phi) is 2.47. The van der Waals surface area contributed by atoms with Gasteiger partial charge in [-0.15, -0.1) is 0 Å². The molecule has 0 amide bonds. The Morgan fingerprint density at radius 3 is 2.88 bits per heavy atom. The fraction of sp³-hybridized carbons (Fsp3) is 0.643. The molecule has 16 heavy (non-hydrogen) atoms. The van der Waals surface area contributed by atoms with E-state index in [0.717, 1.165) is 30.1 Å². The van der Waals surface area contributed by atoms with Crippen LogP contribution >= 0.6 is 0 Å². The number of aryl methyl sites for hydroxylation is 2. The minimum atomic E-state index is 0.722. The second kappa shape index (κ2) is 3.85. The molecule has 2 heteroatoms. The van der Waals surface area contributed by atoms with E-state index < -0.39 is 0 Å². The molecule has 3 rings (SSSR count). The average molecular weight is 216 g/mol. The van der Waals surface area contributed by atoms with E-state index >= 15 is 0 Å². The van der Waals surface area contributed by atoms with Crippen molar-refractivity contribution in [3.8, 4) is 0 Å². The van der Waals surface area contributed by atoms with E-state index in [2.05, 4.69) is 31.3 Å². The smallest absolute Gasteiger partial charge is 0.0439 e. The molecule has 2 aliphatic rings. The molecule has 1 aromatic heterocycles. The van der Waals surface area contributed by atoms with E-state index in [4.69, 9.17) is 4.98 Å². The highest BCUT2D eigenvalue weighted by Crippen LogP contribution is 2.40. The molecule has 0 saturated carbocycles. The second-order valence-corrected chi connectivity index (χ2v) is 5.23. The Hall–Kier alpha value is -0.890. The normalized spacial score (nSPS) is 32.2. The van der Waals surface area contributed by atoms with Crippen LogP contribution in [-0.4, -0.2) is 17.1 Å². The van der Waals surface area contributed by atoms with Gasteiger partial charge in [-0.3, -0.25) is 4.98 Å². The van der Waals surface area contributed by atoms with Crippen LogP contribution in [0.5, 0.6) is 0 Å². The lowest BCUT2D eigenvalue weighted by Gasteiger charge is -2.22. The molecule has 3 heterocycles. The van der Waals surface area contributed by atoms with Gasteiger partial charge >= 0.3 is 0 Å². The maximum Gasteiger partial charge on any atom is 0.0439 e. The molecule has 86 valence electrons. The maximum absolute atomic E-state index is 4.69. The van der Waals surface area contributed by atoms with Crippen LogP contribution in [0.2, 0.25) is 0 Å². The molecule has 2 saturated heterocycles. The first-order valence-electron chi connectivity index (χ1n) is 6.50. The lowest BCUT2D eigenvalue weighted by Crippen LogP contribution is -2.22. The lowest BCUT2D eigenvalue weighted by atomic mass is 9.83. The van der Waals surface area contributed by atoms with Gasteiger partial charge in [-0.05, 0) is 44.2 Å². The molecule has 1 N–H and O–H groups in total. The van der Waals surface area contributed by atoms with Crippen molar-refractivity contribution < 1.29 is 0 Å². The number of nitrogens with one attached hydrogen (secondary N) is 1. The van der Waals surface area contributed by atoms with Gasteiger partial charge in [0.1, 0.15) is 0 Å². The first-order chi connectivity index (χ1) is 7.78. The summed E-state index contributed by atoms with van der Waals surface area (Å²) < 4.78 is 0. The van der Waals surface area contributed by atoms with Gasteiger partial charge in [0.25, 0.3) is 0 Å². The predicted octanol–water partition coefficient (Wildman–Crippen LogP) is 2.56. The Morgan fingerprint density at radius 2 is 2.25 bits per heavy atom. The predicted molar refractivity (Wildman–Crippen MR) is 65.7 cm³/mol. The van der Waals surface area contributed by atoms with Crippen LogP contribution in [-0.2, 0) is 6.42 Å². The van der Waals surface area contributed by atoms with Crippen molar-refractivity contribution in [1.29, 1.82) is 0 Å². The van der Waals surface area contributed by atoms with Crippen LogP contribution in [0.15, 0.2) is 12.1 Å². The van der Waals surface area contributed by atoms with E-state index in [-0.39, 0.29) is 0 Å². The van der Waals surface area contributed by atoms with Gasteiger partial charge in [-0.1, -0.05) is 13.0 Å². The lowest BCUT2D eigenvalue weighted by molar-refractivity contribution is 0.502. The first kappa shape index (κ1) is 10.3. The molecule has 2 fully saturated rings. The summed E-state index contributed by atoms with van der Waals surface area (Å²) in [6.45, 7) is 4.30. The molecule has 0 aromatic carbocycles.